The van der Waals surface area contributed by atoms with Crippen molar-refractivity contribution in [1.29, 1.82) is 0 Å². The van der Waals surface area contributed by atoms with E-state index in [1.54, 1.807) is 0 Å². The fourth-order valence-electron chi connectivity index (χ4n) is 6.10. The molecule has 32 heavy (non-hydrogen) atoms. The van der Waals surface area contributed by atoms with E-state index in [-0.39, 0.29) is 0 Å². The van der Waals surface area contributed by atoms with Crippen molar-refractivity contribution < 1.29 is 19.8 Å². The number of carbonyl (C=O) groups excluding carboxylic acids is 2. The minimum Gasteiger partial charge on any atom is -0.873 e. The fraction of sp³-hybridized carbons (Fsp3) is 0.500. The summed E-state index contributed by atoms with van der Waals surface area (Å²) < 4.78 is 0. The number of hydrogen-bond donors (Lipinski definition) is 0. The average Bonchev–Trinajstić information content (AvgIpc) is 2.99. The first-order valence-corrected chi connectivity index (χ1v) is 11.2. The Hall–Kier alpha value is -2.62. The second-order valence-corrected chi connectivity index (χ2v) is 12.5. The molecule has 0 heterocycles. The second-order valence-electron chi connectivity index (χ2n) is 12.5. The van der Waals surface area contributed by atoms with Gasteiger partial charge in [0.05, 0.1) is 0 Å². The van der Waals surface area contributed by atoms with Crippen LogP contribution in [0.4, 0.5) is 0 Å². The van der Waals surface area contributed by atoms with Crippen molar-refractivity contribution in [3.8, 4) is 11.5 Å². The molecule has 1 aromatic rings. The first-order chi connectivity index (χ1) is 14.3. The number of fused-ring (bicyclic) bond motifs is 3. The molecule has 4 heteroatoms. The van der Waals surface area contributed by atoms with E-state index in [4.69, 9.17) is 0 Å². The topological polar surface area (TPSA) is 80.3 Å². The summed E-state index contributed by atoms with van der Waals surface area (Å²) in [6.45, 7) is 19.4. The Labute approximate surface area is 190 Å². The highest BCUT2D eigenvalue weighted by Gasteiger charge is 2.55. The number of Topliss-reactive ketones (excluding diaryl/α,β-unsaturated/α-hetero) is 2. The summed E-state index contributed by atoms with van der Waals surface area (Å²) in [5, 5.41) is 26.4. The maximum absolute atomic E-state index is 13.4. The monoisotopic (exact) mass is 432 g/mol. The first-order valence-electron chi connectivity index (χ1n) is 11.2. The first kappa shape index (κ1) is 22.6. The number of benzene rings is 1. The zero-order valence-electron chi connectivity index (χ0n) is 20.8. The summed E-state index contributed by atoms with van der Waals surface area (Å²) in [6.07, 6.45) is 1.86. The standard InChI is InChI=1S/C28H34O4/c1-25(2,3)15-11-13-17-14-12-16(26(4,5)6)21(30)23(32)19(14)28(9,10)24(17)27(7,8)18(13)22(31)20(15)29/h11-12,29,31H,1-10H3/p-2. The van der Waals surface area contributed by atoms with Crippen molar-refractivity contribution in [3.63, 3.8) is 0 Å². The quantitative estimate of drug-likeness (QED) is 0.442. The van der Waals surface area contributed by atoms with Gasteiger partial charge in [-0.05, 0) is 44.8 Å². The van der Waals surface area contributed by atoms with Gasteiger partial charge in [0.2, 0.25) is 11.6 Å². The number of carbonyl (C=O) groups is 2. The summed E-state index contributed by atoms with van der Waals surface area (Å²) in [6, 6.07) is 1.86. The van der Waals surface area contributed by atoms with Gasteiger partial charge in [-0.2, -0.15) is 0 Å². The lowest BCUT2D eigenvalue weighted by Crippen LogP contribution is -2.36. The summed E-state index contributed by atoms with van der Waals surface area (Å²) in [5.41, 5.74) is 2.83. The summed E-state index contributed by atoms with van der Waals surface area (Å²) in [5.74, 6) is -1.80. The van der Waals surface area contributed by atoms with Crippen molar-refractivity contribution in [2.75, 3.05) is 0 Å². The van der Waals surface area contributed by atoms with E-state index in [0.717, 1.165) is 22.3 Å². The molecule has 0 fully saturated rings. The third-order valence-electron chi connectivity index (χ3n) is 7.38. The Morgan fingerprint density at radius 1 is 0.781 bits per heavy atom. The molecular formula is C28H32O4-2. The Morgan fingerprint density at radius 3 is 1.84 bits per heavy atom. The van der Waals surface area contributed by atoms with Gasteiger partial charge in [-0.15, -0.1) is 11.5 Å². The van der Waals surface area contributed by atoms with Crippen LogP contribution in [0, 0.1) is 10.8 Å². The zero-order valence-corrected chi connectivity index (χ0v) is 20.8. The maximum Gasteiger partial charge on any atom is 0.230 e. The molecule has 0 bridgehead atoms. The lowest BCUT2D eigenvalue weighted by Gasteiger charge is -2.40. The second kappa shape index (κ2) is 6.03. The Balaban J connectivity index is 2.14. The van der Waals surface area contributed by atoms with Gasteiger partial charge in [0.25, 0.3) is 0 Å². The summed E-state index contributed by atoms with van der Waals surface area (Å²) in [7, 11) is 0. The largest absolute Gasteiger partial charge is 0.873 e. The molecule has 3 aliphatic rings. The van der Waals surface area contributed by atoms with E-state index in [1.165, 1.54) is 0 Å². The molecule has 0 unspecified atom stereocenters. The van der Waals surface area contributed by atoms with Crippen molar-refractivity contribution >= 4 is 17.1 Å². The predicted octanol–water partition coefficient (Wildman–Crippen LogP) is 4.64. The third kappa shape index (κ3) is 2.61. The van der Waals surface area contributed by atoms with Gasteiger partial charge in [-0.1, -0.05) is 80.9 Å². The molecule has 0 atom stereocenters. The molecule has 0 spiro atoms. The molecule has 3 aliphatic carbocycles. The SMILES string of the molecule is CC(C)(C)C1=CC2=C(C(=O)C1=O)C(C)(C)C1=C2c2cc(C(C)(C)C)c([O-])c([O-])c2C1(C)C. The van der Waals surface area contributed by atoms with Gasteiger partial charge in [-0.25, -0.2) is 0 Å². The molecule has 0 radical (unpaired) electrons. The molecular weight excluding hydrogens is 400 g/mol. The van der Waals surface area contributed by atoms with Crippen LogP contribution < -0.4 is 10.2 Å². The average molecular weight is 433 g/mol. The zero-order chi connectivity index (χ0) is 24.3. The van der Waals surface area contributed by atoms with Crippen LogP contribution in [0.3, 0.4) is 0 Å². The van der Waals surface area contributed by atoms with Crippen LogP contribution in [-0.4, -0.2) is 11.6 Å². The molecule has 0 saturated carbocycles. The third-order valence-corrected chi connectivity index (χ3v) is 7.38. The summed E-state index contributed by atoms with van der Waals surface area (Å²) >= 11 is 0. The summed E-state index contributed by atoms with van der Waals surface area (Å²) in [4.78, 5) is 26.4. The van der Waals surface area contributed by atoms with Gasteiger partial charge < -0.3 is 10.2 Å². The predicted molar refractivity (Wildman–Crippen MR) is 122 cm³/mol. The number of hydrogen-bond acceptors (Lipinski definition) is 4. The molecule has 0 amide bonds. The lowest BCUT2D eigenvalue weighted by atomic mass is 9.65. The number of rotatable bonds is 0. The van der Waals surface area contributed by atoms with Crippen LogP contribution in [0.25, 0.3) is 5.57 Å². The van der Waals surface area contributed by atoms with Crippen LogP contribution in [0.15, 0.2) is 34.4 Å². The van der Waals surface area contributed by atoms with Gasteiger partial charge in [0.1, 0.15) is 0 Å². The van der Waals surface area contributed by atoms with E-state index in [1.807, 2.05) is 81.4 Å². The molecule has 0 N–H and O–H groups in total. The Bertz CT molecular complexity index is 1220. The fourth-order valence-corrected chi connectivity index (χ4v) is 6.10. The van der Waals surface area contributed by atoms with Crippen LogP contribution in [-0.2, 0) is 20.4 Å². The minimum atomic E-state index is -0.725. The smallest absolute Gasteiger partial charge is 0.230 e. The van der Waals surface area contributed by atoms with Crippen molar-refractivity contribution in [1.82, 2.24) is 0 Å². The normalized spacial score (nSPS) is 21.6. The van der Waals surface area contributed by atoms with Gasteiger partial charge in [0, 0.05) is 22.0 Å². The van der Waals surface area contributed by atoms with E-state index in [9.17, 15) is 19.8 Å². The molecule has 0 aromatic heterocycles. The molecule has 4 rings (SSSR count). The number of ketones is 2. The van der Waals surface area contributed by atoms with Gasteiger partial charge >= 0.3 is 0 Å². The van der Waals surface area contributed by atoms with Gasteiger partial charge in [-0.3, -0.25) is 9.59 Å². The highest BCUT2D eigenvalue weighted by atomic mass is 16.3. The maximum atomic E-state index is 13.4. The van der Waals surface area contributed by atoms with Gasteiger partial charge in [0.15, 0.2) is 0 Å². The Kier molecular flexibility index (Phi) is 4.26. The molecule has 1 aromatic carbocycles. The highest BCUT2D eigenvalue weighted by molar-refractivity contribution is 6.51. The molecule has 0 saturated heterocycles. The van der Waals surface area contributed by atoms with E-state index in [0.29, 0.717) is 22.3 Å². The van der Waals surface area contributed by atoms with Crippen LogP contribution >= 0.6 is 0 Å². The van der Waals surface area contributed by atoms with Crippen molar-refractivity contribution in [2.45, 2.75) is 80.1 Å². The van der Waals surface area contributed by atoms with Crippen molar-refractivity contribution in [2.24, 2.45) is 10.8 Å². The van der Waals surface area contributed by atoms with E-state index >= 15 is 0 Å². The molecule has 170 valence electrons. The van der Waals surface area contributed by atoms with Crippen LogP contribution in [0.1, 0.15) is 85.9 Å². The highest BCUT2D eigenvalue weighted by Crippen LogP contribution is 2.66. The van der Waals surface area contributed by atoms with E-state index in [2.05, 4.69) is 0 Å². The van der Waals surface area contributed by atoms with Crippen LogP contribution in [0.2, 0.25) is 0 Å². The van der Waals surface area contributed by atoms with Crippen LogP contribution in [0.5, 0.6) is 11.5 Å². The minimum absolute atomic E-state index is 0.446. The Morgan fingerprint density at radius 2 is 1.34 bits per heavy atom. The van der Waals surface area contributed by atoms with Crippen molar-refractivity contribution in [3.05, 3.63) is 51.1 Å². The van der Waals surface area contributed by atoms with E-state index < -0.39 is 44.7 Å². The number of allylic oxidation sites excluding steroid dienone is 6. The lowest BCUT2D eigenvalue weighted by molar-refractivity contribution is -0.319. The molecule has 0 aliphatic heterocycles. The molecule has 4 nitrogen and oxygen atoms in total.